The highest BCUT2D eigenvalue weighted by atomic mass is 16.5. The van der Waals surface area contributed by atoms with Crippen molar-refractivity contribution in [2.45, 2.75) is 32.2 Å². The molecule has 1 N–H and O–H groups in total. The van der Waals surface area contributed by atoms with Gasteiger partial charge in [-0.05, 0) is 12.8 Å². The quantitative estimate of drug-likeness (QED) is 0.671. The minimum Gasteiger partial charge on any atom is -0.382 e. The summed E-state index contributed by atoms with van der Waals surface area (Å²) < 4.78 is 9.98. The Labute approximate surface area is 114 Å². The average molecular weight is 272 g/mol. The third-order valence-corrected chi connectivity index (χ3v) is 3.18. The van der Waals surface area contributed by atoms with Crippen LogP contribution in [0.15, 0.2) is 0 Å². The molecule has 0 aromatic heterocycles. The van der Waals surface area contributed by atoms with E-state index in [0.29, 0.717) is 19.6 Å². The van der Waals surface area contributed by atoms with Gasteiger partial charge in [0.05, 0.1) is 13.2 Å². The van der Waals surface area contributed by atoms with E-state index < -0.39 is 0 Å². The van der Waals surface area contributed by atoms with Crippen LogP contribution in [0.25, 0.3) is 0 Å². The van der Waals surface area contributed by atoms with Crippen LogP contribution in [0, 0.1) is 0 Å². The summed E-state index contributed by atoms with van der Waals surface area (Å²) >= 11 is 0. The van der Waals surface area contributed by atoms with E-state index in [1.54, 1.807) is 7.11 Å². The molecular formula is C13H24N2O4. The highest BCUT2D eigenvalue weighted by Gasteiger charge is 2.22. The first-order valence-electron chi connectivity index (χ1n) is 6.81. The molecule has 19 heavy (non-hydrogen) atoms. The lowest BCUT2D eigenvalue weighted by Gasteiger charge is -2.32. The van der Waals surface area contributed by atoms with Gasteiger partial charge in [-0.1, -0.05) is 6.92 Å². The van der Waals surface area contributed by atoms with Gasteiger partial charge in [0.2, 0.25) is 11.8 Å². The Kier molecular flexibility index (Phi) is 7.43. The van der Waals surface area contributed by atoms with Crippen LogP contribution in [-0.2, 0) is 19.1 Å². The summed E-state index contributed by atoms with van der Waals surface area (Å²) in [6, 6.07) is 0.152. The number of nitrogens with one attached hydrogen (secondary N) is 1. The Balaban J connectivity index is 2.14. The van der Waals surface area contributed by atoms with Crippen molar-refractivity contribution in [3.8, 4) is 0 Å². The molecule has 0 saturated carbocycles. The molecule has 1 heterocycles. The van der Waals surface area contributed by atoms with Crippen LogP contribution in [0.3, 0.4) is 0 Å². The second-order valence-electron chi connectivity index (χ2n) is 4.62. The summed E-state index contributed by atoms with van der Waals surface area (Å²) in [5, 5.41) is 2.93. The predicted octanol–water partition coefficient (Wildman–Crippen LogP) is 0.167. The number of amides is 2. The third kappa shape index (κ3) is 6.02. The van der Waals surface area contributed by atoms with Crippen LogP contribution in [0.4, 0.5) is 0 Å². The van der Waals surface area contributed by atoms with Gasteiger partial charge in [-0.2, -0.15) is 0 Å². The zero-order valence-corrected chi connectivity index (χ0v) is 11.8. The minimum absolute atomic E-state index is 0.0669. The maximum atomic E-state index is 11.6. The van der Waals surface area contributed by atoms with Crippen LogP contribution < -0.4 is 5.32 Å². The van der Waals surface area contributed by atoms with Gasteiger partial charge < -0.3 is 19.7 Å². The largest absolute Gasteiger partial charge is 0.382 e. The van der Waals surface area contributed by atoms with Gasteiger partial charge in [-0.3, -0.25) is 9.59 Å². The average Bonchev–Trinajstić information content (AvgIpc) is 2.43. The Bertz CT molecular complexity index is 288. The van der Waals surface area contributed by atoms with Crippen molar-refractivity contribution in [2.24, 2.45) is 0 Å². The maximum absolute atomic E-state index is 11.6. The summed E-state index contributed by atoms with van der Waals surface area (Å²) in [6.07, 6.45) is 2.18. The molecular weight excluding hydrogens is 248 g/mol. The highest BCUT2D eigenvalue weighted by Crippen LogP contribution is 2.11. The summed E-state index contributed by atoms with van der Waals surface area (Å²) in [4.78, 5) is 25.0. The molecule has 0 radical (unpaired) electrons. The molecule has 0 bridgehead atoms. The molecule has 6 nitrogen and oxygen atoms in total. The van der Waals surface area contributed by atoms with E-state index in [4.69, 9.17) is 9.47 Å². The number of ether oxygens (including phenoxy) is 2. The molecule has 1 rings (SSSR count). The minimum atomic E-state index is -0.101. The zero-order valence-electron chi connectivity index (χ0n) is 11.8. The van der Waals surface area contributed by atoms with Crippen molar-refractivity contribution >= 4 is 11.8 Å². The maximum Gasteiger partial charge on any atom is 0.246 e. The molecule has 0 spiro atoms. The van der Waals surface area contributed by atoms with E-state index in [1.165, 1.54) is 0 Å². The van der Waals surface area contributed by atoms with Crippen molar-refractivity contribution in [3.05, 3.63) is 0 Å². The van der Waals surface area contributed by atoms with Crippen LogP contribution >= 0.6 is 0 Å². The van der Waals surface area contributed by atoms with Crippen LogP contribution in [0.1, 0.15) is 26.2 Å². The molecule has 1 aliphatic rings. The molecule has 0 aliphatic carbocycles. The van der Waals surface area contributed by atoms with E-state index in [0.717, 1.165) is 25.9 Å². The first kappa shape index (κ1) is 15.9. The lowest BCUT2D eigenvalue weighted by molar-refractivity contribution is -0.132. The normalized spacial score (nSPS) is 16.4. The van der Waals surface area contributed by atoms with Gasteiger partial charge in [0.15, 0.2) is 0 Å². The molecule has 1 saturated heterocycles. The van der Waals surface area contributed by atoms with Crippen molar-refractivity contribution in [3.63, 3.8) is 0 Å². The molecule has 0 atom stereocenters. The zero-order chi connectivity index (χ0) is 14.1. The molecule has 2 amide bonds. The van der Waals surface area contributed by atoms with E-state index in [2.05, 4.69) is 5.32 Å². The number of likely N-dealkylation sites (tertiary alicyclic amines) is 1. The number of rotatable bonds is 7. The Morgan fingerprint density at radius 3 is 2.53 bits per heavy atom. The number of nitrogens with zero attached hydrogens (tertiary/aromatic N) is 1. The summed E-state index contributed by atoms with van der Waals surface area (Å²) in [7, 11) is 1.59. The first-order chi connectivity index (χ1) is 9.17. The number of methoxy groups -OCH3 is 1. The fourth-order valence-electron chi connectivity index (χ4n) is 2.07. The van der Waals surface area contributed by atoms with Crippen LogP contribution in [0.5, 0.6) is 0 Å². The lowest BCUT2D eigenvalue weighted by Crippen LogP contribution is -2.47. The standard InChI is InChI=1S/C13H24N2O4/c1-3-13(17)15-6-4-11(5-7-15)14-12(16)10-19-9-8-18-2/h11H,3-10H2,1-2H3,(H,14,16). The Morgan fingerprint density at radius 1 is 1.26 bits per heavy atom. The first-order valence-corrected chi connectivity index (χ1v) is 6.81. The van der Waals surface area contributed by atoms with Gasteiger partial charge in [-0.25, -0.2) is 0 Å². The lowest BCUT2D eigenvalue weighted by atomic mass is 10.0. The monoisotopic (exact) mass is 272 g/mol. The van der Waals surface area contributed by atoms with E-state index in [9.17, 15) is 9.59 Å². The second kappa shape index (κ2) is 8.87. The number of carbonyl (C=O) groups is 2. The SMILES string of the molecule is CCC(=O)N1CCC(NC(=O)COCCOC)CC1. The second-order valence-corrected chi connectivity index (χ2v) is 4.62. The number of piperidine rings is 1. The van der Waals surface area contributed by atoms with Crippen molar-refractivity contribution in [2.75, 3.05) is 40.0 Å². The van der Waals surface area contributed by atoms with Gasteiger partial charge in [0, 0.05) is 32.7 Å². The molecule has 1 aliphatic heterocycles. The topological polar surface area (TPSA) is 67.9 Å². The Hall–Kier alpha value is -1.14. The molecule has 1 fully saturated rings. The third-order valence-electron chi connectivity index (χ3n) is 3.18. The summed E-state index contributed by atoms with van der Waals surface area (Å²) in [5.41, 5.74) is 0. The van der Waals surface area contributed by atoms with Crippen LogP contribution in [-0.4, -0.2) is 62.8 Å². The summed E-state index contributed by atoms with van der Waals surface area (Å²) in [5.74, 6) is 0.0871. The van der Waals surface area contributed by atoms with Crippen molar-refractivity contribution in [1.29, 1.82) is 0 Å². The van der Waals surface area contributed by atoms with Crippen molar-refractivity contribution in [1.82, 2.24) is 10.2 Å². The number of hydrogen-bond acceptors (Lipinski definition) is 4. The van der Waals surface area contributed by atoms with Gasteiger partial charge in [0.25, 0.3) is 0 Å². The van der Waals surface area contributed by atoms with Gasteiger partial charge in [-0.15, -0.1) is 0 Å². The highest BCUT2D eigenvalue weighted by molar-refractivity contribution is 5.78. The van der Waals surface area contributed by atoms with E-state index >= 15 is 0 Å². The van der Waals surface area contributed by atoms with E-state index in [1.807, 2.05) is 11.8 Å². The van der Waals surface area contributed by atoms with E-state index in [-0.39, 0.29) is 24.5 Å². The number of carbonyl (C=O) groups excluding carboxylic acids is 2. The molecule has 0 aromatic carbocycles. The molecule has 0 aromatic rings. The number of hydrogen-bond donors (Lipinski definition) is 1. The van der Waals surface area contributed by atoms with Gasteiger partial charge in [0.1, 0.15) is 6.61 Å². The molecule has 6 heteroatoms. The molecule has 0 unspecified atom stereocenters. The summed E-state index contributed by atoms with van der Waals surface area (Å²) in [6.45, 7) is 4.30. The Morgan fingerprint density at radius 2 is 1.95 bits per heavy atom. The smallest absolute Gasteiger partial charge is 0.246 e. The van der Waals surface area contributed by atoms with Crippen molar-refractivity contribution < 1.29 is 19.1 Å². The predicted molar refractivity (Wildman–Crippen MR) is 70.7 cm³/mol. The fourth-order valence-corrected chi connectivity index (χ4v) is 2.07. The molecule has 110 valence electrons. The fraction of sp³-hybridized carbons (Fsp3) is 0.846. The van der Waals surface area contributed by atoms with Crippen LogP contribution in [0.2, 0.25) is 0 Å². The van der Waals surface area contributed by atoms with Gasteiger partial charge >= 0.3 is 0 Å².